The Morgan fingerprint density at radius 2 is 1.83 bits per heavy atom. The van der Waals surface area contributed by atoms with E-state index in [0.717, 1.165) is 29.5 Å². The number of carbonyl (C=O) groups is 2. The molecule has 1 atom stereocenters. The number of thioether (sulfide) groups is 1. The summed E-state index contributed by atoms with van der Waals surface area (Å²) in [4.78, 5) is 30.9. The number of nitrogens with two attached hydrogens (primary N) is 1. The Hall–Kier alpha value is -3.56. The molecule has 0 bridgehead atoms. The van der Waals surface area contributed by atoms with Gasteiger partial charge in [-0.15, -0.1) is 0 Å². The third kappa shape index (κ3) is 3.34. The van der Waals surface area contributed by atoms with E-state index in [-0.39, 0.29) is 41.1 Å². The van der Waals surface area contributed by atoms with Crippen LogP contribution in [0.4, 0.5) is 11.5 Å². The zero-order valence-electron chi connectivity index (χ0n) is 16.1. The van der Waals surface area contributed by atoms with E-state index in [1.54, 1.807) is 24.3 Å². The predicted octanol–water partition coefficient (Wildman–Crippen LogP) is 2.72. The number of benzene rings is 1. The van der Waals surface area contributed by atoms with Crippen molar-refractivity contribution in [3.05, 3.63) is 41.0 Å². The van der Waals surface area contributed by atoms with Gasteiger partial charge in [-0.2, -0.15) is 10.5 Å². The molecule has 1 aromatic heterocycles. The van der Waals surface area contributed by atoms with E-state index in [1.165, 1.54) is 7.11 Å². The first kappa shape index (κ1) is 19.7. The van der Waals surface area contributed by atoms with E-state index in [2.05, 4.69) is 11.1 Å². The number of amides is 2. The highest BCUT2D eigenvalue weighted by Gasteiger charge is 2.41. The van der Waals surface area contributed by atoms with Crippen molar-refractivity contribution in [2.75, 3.05) is 17.7 Å². The Kier molecular flexibility index (Phi) is 5.06. The molecule has 2 aromatic rings. The molecule has 2 N–H and O–H groups in total. The molecule has 1 aliphatic carbocycles. The first-order valence-corrected chi connectivity index (χ1v) is 10.2. The number of pyridine rings is 1. The number of anilines is 2. The van der Waals surface area contributed by atoms with Crippen LogP contribution >= 0.6 is 11.8 Å². The maximum Gasteiger partial charge on any atom is 0.247 e. The molecule has 0 spiro atoms. The van der Waals surface area contributed by atoms with Crippen molar-refractivity contribution in [1.29, 1.82) is 10.5 Å². The van der Waals surface area contributed by atoms with Crippen LogP contribution in [-0.4, -0.2) is 29.2 Å². The van der Waals surface area contributed by atoms with Gasteiger partial charge < -0.3 is 10.5 Å². The smallest absolute Gasteiger partial charge is 0.247 e. The van der Waals surface area contributed by atoms with Crippen LogP contribution < -0.4 is 15.4 Å². The minimum absolute atomic E-state index is 0.0131. The van der Waals surface area contributed by atoms with Crippen LogP contribution in [0, 0.1) is 22.7 Å². The van der Waals surface area contributed by atoms with Crippen molar-refractivity contribution >= 4 is 35.1 Å². The molecule has 9 heteroatoms. The average Bonchev–Trinajstić information content (AvgIpc) is 3.54. The van der Waals surface area contributed by atoms with Gasteiger partial charge in [0.2, 0.25) is 11.8 Å². The van der Waals surface area contributed by atoms with E-state index in [1.807, 2.05) is 6.07 Å². The highest BCUT2D eigenvalue weighted by atomic mass is 32.2. The Bertz CT molecular complexity index is 1130. The molecule has 2 heterocycles. The molecule has 8 nitrogen and oxygen atoms in total. The van der Waals surface area contributed by atoms with Crippen LogP contribution in [0.25, 0.3) is 0 Å². The Morgan fingerprint density at radius 3 is 2.40 bits per heavy atom. The molecule has 1 saturated carbocycles. The standard InChI is InChI=1S/C21H17N5O3S/c1-29-13-6-4-12(5-7-13)26-17(27)8-16(21(26)28)30-20-15(10-23)18(11-2-3-11)14(9-22)19(24)25-20/h4-7,11,16H,2-3,8H2,1H3,(H2,24,25). The van der Waals surface area contributed by atoms with E-state index >= 15 is 0 Å². The van der Waals surface area contributed by atoms with Crippen molar-refractivity contribution < 1.29 is 14.3 Å². The van der Waals surface area contributed by atoms with Crippen LogP contribution in [0.15, 0.2) is 29.3 Å². The van der Waals surface area contributed by atoms with Gasteiger partial charge in [0.05, 0.1) is 29.2 Å². The molecule has 150 valence electrons. The van der Waals surface area contributed by atoms with E-state index in [0.29, 0.717) is 22.0 Å². The van der Waals surface area contributed by atoms with Crippen molar-refractivity contribution in [2.24, 2.45) is 0 Å². The monoisotopic (exact) mass is 419 g/mol. The normalized spacial score (nSPS) is 18.2. The number of hydrogen-bond donors (Lipinski definition) is 1. The van der Waals surface area contributed by atoms with Crippen molar-refractivity contribution in [1.82, 2.24) is 4.98 Å². The van der Waals surface area contributed by atoms with Crippen LogP contribution in [0.3, 0.4) is 0 Å². The van der Waals surface area contributed by atoms with Crippen LogP contribution in [0.2, 0.25) is 0 Å². The number of nitrogens with zero attached hydrogens (tertiary/aromatic N) is 4. The summed E-state index contributed by atoms with van der Waals surface area (Å²) >= 11 is 1.05. The molecular weight excluding hydrogens is 402 g/mol. The number of imide groups is 1. The number of hydrogen-bond acceptors (Lipinski definition) is 8. The molecule has 2 fully saturated rings. The number of rotatable bonds is 5. The van der Waals surface area contributed by atoms with Gasteiger partial charge in [0.15, 0.2) is 0 Å². The number of methoxy groups -OCH3 is 1. The molecule has 1 aliphatic heterocycles. The largest absolute Gasteiger partial charge is 0.497 e. The summed E-state index contributed by atoms with van der Waals surface area (Å²) in [6.45, 7) is 0. The number of carbonyl (C=O) groups excluding carboxylic acids is 2. The van der Waals surface area contributed by atoms with E-state index < -0.39 is 5.25 Å². The second kappa shape index (κ2) is 7.69. The fourth-order valence-electron chi connectivity index (χ4n) is 3.52. The second-order valence-electron chi connectivity index (χ2n) is 7.04. The summed E-state index contributed by atoms with van der Waals surface area (Å²) in [5.74, 6) is 0.0644. The average molecular weight is 419 g/mol. The zero-order valence-corrected chi connectivity index (χ0v) is 16.9. The molecule has 1 saturated heterocycles. The Balaban J connectivity index is 1.65. The Morgan fingerprint density at radius 1 is 1.17 bits per heavy atom. The van der Waals surface area contributed by atoms with E-state index in [9.17, 15) is 20.1 Å². The first-order chi connectivity index (χ1) is 14.5. The fraction of sp³-hybridized carbons (Fsp3) is 0.286. The number of nitrogen functional groups attached to an aromatic ring is 1. The van der Waals surface area contributed by atoms with E-state index in [4.69, 9.17) is 10.5 Å². The van der Waals surface area contributed by atoms with Crippen LogP contribution in [0.1, 0.15) is 41.9 Å². The molecule has 2 aliphatic rings. The van der Waals surface area contributed by atoms with Gasteiger partial charge in [-0.3, -0.25) is 9.59 Å². The lowest BCUT2D eigenvalue weighted by atomic mass is 10.0. The minimum Gasteiger partial charge on any atom is -0.497 e. The molecule has 1 unspecified atom stereocenters. The summed E-state index contributed by atoms with van der Waals surface area (Å²) in [7, 11) is 1.53. The van der Waals surface area contributed by atoms with Crippen LogP contribution in [0.5, 0.6) is 5.75 Å². The summed E-state index contributed by atoms with van der Waals surface area (Å²) in [6, 6.07) is 10.8. The quantitative estimate of drug-likeness (QED) is 0.731. The molecule has 30 heavy (non-hydrogen) atoms. The maximum atomic E-state index is 13.0. The molecule has 4 rings (SSSR count). The lowest BCUT2D eigenvalue weighted by Crippen LogP contribution is -2.31. The lowest BCUT2D eigenvalue weighted by Gasteiger charge is -2.16. The van der Waals surface area contributed by atoms with Gasteiger partial charge in [0.25, 0.3) is 0 Å². The predicted molar refractivity (Wildman–Crippen MR) is 110 cm³/mol. The third-order valence-electron chi connectivity index (χ3n) is 5.13. The van der Waals surface area contributed by atoms with Gasteiger partial charge in [-0.25, -0.2) is 9.88 Å². The second-order valence-corrected chi connectivity index (χ2v) is 8.23. The highest BCUT2D eigenvalue weighted by Crippen LogP contribution is 2.46. The fourth-order valence-corrected chi connectivity index (χ4v) is 4.65. The summed E-state index contributed by atoms with van der Waals surface area (Å²) in [5, 5.41) is 18.7. The molecule has 1 aromatic carbocycles. The SMILES string of the molecule is COc1ccc(N2C(=O)CC(Sc3nc(N)c(C#N)c(C4CC4)c3C#N)C2=O)cc1. The summed E-state index contributed by atoms with van der Waals surface area (Å²) in [5.41, 5.74) is 7.55. The van der Waals surface area contributed by atoms with Crippen molar-refractivity contribution in [3.63, 3.8) is 0 Å². The number of ether oxygens (including phenoxy) is 1. The first-order valence-electron chi connectivity index (χ1n) is 9.29. The highest BCUT2D eigenvalue weighted by molar-refractivity contribution is 8.00. The molecule has 2 amide bonds. The van der Waals surface area contributed by atoms with Gasteiger partial charge in [0, 0.05) is 6.42 Å². The van der Waals surface area contributed by atoms with Gasteiger partial charge in [-0.1, -0.05) is 11.8 Å². The van der Waals surface area contributed by atoms with Crippen LogP contribution in [-0.2, 0) is 9.59 Å². The van der Waals surface area contributed by atoms with Gasteiger partial charge in [0.1, 0.15) is 28.7 Å². The third-order valence-corrected chi connectivity index (χ3v) is 6.30. The number of nitriles is 2. The summed E-state index contributed by atoms with van der Waals surface area (Å²) in [6.07, 6.45) is 1.74. The number of aromatic nitrogens is 1. The lowest BCUT2D eigenvalue weighted by molar-refractivity contribution is -0.121. The molecule has 0 radical (unpaired) electrons. The van der Waals surface area contributed by atoms with Gasteiger partial charge in [-0.05, 0) is 48.6 Å². The summed E-state index contributed by atoms with van der Waals surface area (Å²) < 4.78 is 5.11. The van der Waals surface area contributed by atoms with Crippen molar-refractivity contribution in [2.45, 2.75) is 35.5 Å². The van der Waals surface area contributed by atoms with Gasteiger partial charge >= 0.3 is 0 Å². The topological polar surface area (TPSA) is 133 Å². The van der Waals surface area contributed by atoms with Crippen molar-refractivity contribution in [3.8, 4) is 17.9 Å². The zero-order chi connectivity index (χ0) is 21.4. The minimum atomic E-state index is -0.724. The Labute approximate surface area is 177 Å². The maximum absolute atomic E-state index is 13.0. The molecular formula is C21H17N5O3S.